The van der Waals surface area contributed by atoms with Gasteiger partial charge in [-0.2, -0.15) is 5.10 Å². The largest absolute Gasteiger partial charge is 0.490 e. The van der Waals surface area contributed by atoms with E-state index in [1.54, 1.807) is 6.07 Å². The smallest absolute Gasteiger partial charge is 0.271 e. The van der Waals surface area contributed by atoms with Gasteiger partial charge in [0.25, 0.3) is 5.91 Å². The van der Waals surface area contributed by atoms with Gasteiger partial charge in [-0.3, -0.25) is 14.6 Å². The number of para-hydroxylation sites is 1. The third-order valence-electron chi connectivity index (χ3n) is 5.22. The molecule has 3 N–H and O–H groups in total. The first-order chi connectivity index (χ1) is 14.1. The first-order valence-corrected chi connectivity index (χ1v) is 9.89. The van der Waals surface area contributed by atoms with Gasteiger partial charge in [0.15, 0.2) is 0 Å². The van der Waals surface area contributed by atoms with Gasteiger partial charge in [0.05, 0.1) is 11.8 Å². The van der Waals surface area contributed by atoms with Crippen LogP contribution in [0.5, 0.6) is 5.75 Å². The van der Waals surface area contributed by atoms with Gasteiger partial charge in [0.1, 0.15) is 17.5 Å². The topological polar surface area (TPSA) is 97.0 Å². The second-order valence-corrected chi connectivity index (χ2v) is 7.36. The van der Waals surface area contributed by atoms with Gasteiger partial charge in [-0.05, 0) is 49.9 Å². The number of hydrazone groups is 1. The number of hydrogen-bond acceptors (Lipinski definition) is 5. The van der Waals surface area contributed by atoms with Crippen molar-refractivity contribution in [3.8, 4) is 5.75 Å². The molecule has 0 aromatic heterocycles. The van der Waals surface area contributed by atoms with E-state index in [0.717, 1.165) is 18.6 Å². The van der Waals surface area contributed by atoms with Crippen molar-refractivity contribution in [3.05, 3.63) is 54.6 Å². The summed E-state index contributed by atoms with van der Waals surface area (Å²) in [7, 11) is 0. The fourth-order valence-corrected chi connectivity index (χ4v) is 3.74. The van der Waals surface area contributed by atoms with E-state index < -0.39 is 11.9 Å². The predicted octanol–water partition coefficient (Wildman–Crippen LogP) is 3.07. The maximum absolute atomic E-state index is 12.8. The number of anilines is 2. The number of nitrogens with one attached hydrogen (secondary N) is 1. The number of amides is 2. The zero-order chi connectivity index (χ0) is 20.2. The number of nitrogens with zero attached hydrogens (tertiary/aromatic N) is 2. The number of hydrogen-bond donors (Lipinski definition) is 2. The van der Waals surface area contributed by atoms with Crippen LogP contribution in [0.3, 0.4) is 0 Å². The molecule has 1 atom stereocenters. The highest BCUT2D eigenvalue weighted by molar-refractivity contribution is 6.44. The number of carbonyl (C=O) groups is 2. The van der Waals surface area contributed by atoms with Crippen LogP contribution < -0.4 is 20.8 Å². The highest BCUT2D eigenvalue weighted by Crippen LogP contribution is 2.27. The van der Waals surface area contributed by atoms with E-state index in [0.29, 0.717) is 11.4 Å². The van der Waals surface area contributed by atoms with Crippen LogP contribution in [0.25, 0.3) is 0 Å². The van der Waals surface area contributed by atoms with Crippen molar-refractivity contribution in [2.24, 2.45) is 10.8 Å². The van der Waals surface area contributed by atoms with Gasteiger partial charge in [0.2, 0.25) is 5.91 Å². The fraction of sp³-hybridized carbons (Fsp3) is 0.318. The summed E-state index contributed by atoms with van der Waals surface area (Å²) in [5.74, 6) is -0.135. The lowest BCUT2D eigenvalue weighted by Crippen LogP contribution is -2.39. The van der Waals surface area contributed by atoms with Crippen molar-refractivity contribution in [1.29, 1.82) is 0 Å². The van der Waals surface area contributed by atoms with Gasteiger partial charge in [-0.1, -0.05) is 24.3 Å². The van der Waals surface area contributed by atoms with Crippen molar-refractivity contribution < 1.29 is 14.3 Å². The summed E-state index contributed by atoms with van der Waals surface area (Å²) in [5.41, 5.74) is 7.14. The molecular formula is C22H24N4O3. The Morgan fingerprint density at radius 3 is 2.55 bits per heavy atom. The molecule has 2 aromatic rings. The van der Waals surface area contributed by atoms with Crippen LogP contribution in [0.1, 0.15) is 32.1 Å². The minimum absolute atomic E-state index is 0.161. The lowest BCUT2D eigenvalue weighted by molar-refractivity contribution is -0.119. The lowest BCUT2D eigenvalue weighted by atomic mass is 10.1. The summed E-state index contributed by atoms with van der Waals surface area (Å²) < 4.78 is 6.00. The third-order valence-corrected chi connectivity index (χ3v) is 5.22. The first-order valence-electron chi connectivity index (χ1n) is 9.89. The molecule has 29 heavy (non-hydrogen) atoms. The van der Waals surface area contributed by atoms with Gasteiger partial charge in [-0.15, -0.1) is 0 Å². The molecule has 0 spiro atoms. The fourth-order valence-electron chi connectivity index (χ4n) is 3.74. The van der Waals surface area contributed by atoms with Crippen LogP contribution in [0.15, 0.2) is 59.7 Å². The Morgan fingerprint density at radius 2 is 1.83 bits per heavy atom. The van der Waals surface area contributed by atoms with E-state index in [1.807, 2.05) is 48.5 Å². The molecule has 4 rings (SSSR count). The average molecular weight is 392 g/mol. The average Bonchev–Trinajstić information content (AvgIpc) is 3.39. The van der Waals surface area contributed by atoms with E-state index >= 15 is 0 Å². The molecule has 0 radical (unpaired) electrons. The number of ether oxygens (including phenoxy) is 1. The lowest BCUT2D eigenvalue weighted by Gasteiger charge is -2.20. The number of nitrogens with two attached hydrogens (primary N) is 1. The summed E-state index contributed by atoms with van der Waals surface area (Å²) in [6.07, 6.45) is 4.93. The molecule has 2 aliphatic rings. The summed E-state index contributed by atoms with van der Waals surface area (Å²) in [4.78, 5) is 24.6. The molecule has 0 bridgehead atoms. The first kappa shape index (κ1) is 19.0. The minimum Gasteiger partial charge on any atom is -0.490 e. The van der Waals surface area contributed by atoms with Gasteiger partial charge >= 0.3 is 0 Å². The molecule has 2 amide bonds. The molecule has 1 saturated carbocycles. The Morgan fingerprint density at radius 1 is 1.07 bits per heavy atom. The van der Waals surface area contributed by atoms with Crippen LogP contribution in [-0.4, -0.2) is 29.7 Å². The Hall–Kier alpha value is -3.35. The molecular weight excluding hydrogens is 368 g/mol. The molecule has 150 valence electrons. The van der Waals surface area contributed by atoms with Crippen LogP contribution in [0.4, 0.5) is 11.4 Å². The molecule has 1 aliphatic heterocycles. The van der Waals surface area contributed by atoms with Crippen molar-refractivity contribution >= 4 is 28.9 Å². The summed E-state index contributed by atoms with van der Waals surface area (Å²) >= 11 is 0. The Balaban J connectivity index is 1.47. The SMILES string of the molecule is NC(=O)C1CC(C(=O)Nc2cccc(OC3CCCC3)c2)=NN1c1ccccc1. The normalized spacial score (nSPS) is 19.1. The molecule has 0 saturated heterocycles. The Bertz CT molecular complexity index is 923. The van der Waals surface area contributed by atoms with Crippen LogP contribution >= 0.6 is 0 Å². The van der Waals surface area contributed by atoms with Gasteiger partial charge in [0, 0.05) is 18.2 Å². The quantitative estimate of drug-likeness (QED) is 0.789. The van der Waals surface area contributed by atoms with Crippen molar-refractivity contribution in [3.63, 3.8) is 0 Å². The summed E-state index contributed by atoms with van der Waals surface area (Å²) in [6.45, 7) is 0. The second kappa shape index (κ2) is 8.34. The summed E-state index contributed by atoms with van der Waals surface area (Å²) in [5, 5.41) is 8.73. The maximum atomic E-state index is 12.8. The van der Waals surface area contributed by atoms with Gasteiger partial charge < -0.3 is 15.8 Å². The van der Waals surface area contributed by atoms with Crippen molar-refractivity contribution in [2.75, 3.05) is 10.3 Å². The zero-order valence-corrected chi connectivity index (χ0v) is 16.1. The predicted molar refractivity (Wildman–Crippen MR) is 112 cm³/mol. The van der Waals surface area contributed by atoms with Crippen LogP contribution in [-0.2, 0) is 9.59 Å². The standard InChI is InChI=1S/C22H24N4O3/c23-21(27)20-14-19(25-26(20)16-8-2-1-3-9-16)22(28)24-15-7-6-12-18(13-15)29-17-10-4-5-11-17/h1-3,6-9,12-13,17,20H,4-5,10-11,14H2,(H2,23,27)(H,24,28). The number of carbonyl (C=O) groups excluding carboxylic acids is 2. The van der Waals surface area contributed by atoms with Crippen LogP contribution in [0.2, 0.25) is 0 Å². The molecule has 1 aliphatic carbocycles. The molecule has 1 fully saturated rings. The van der Waals surface area contributed by atoms with E-state index in [-0.39, 0.29) is 24.1 Å². The molecule has 1 heterocycles. The molecule has 7 nitrogen and oxygen atoms in total. The minimum atomic E-state index is -0.685. The Labute approximate surface area is 169 Å². The Kier molecular flexibility index (Phi) is 5.46. The van der Waals surface area contributed by atoms with Crippen LogP contribution in [0, 0.1) is 0 Å². The molecule has 1 unspecified atom stereocenters. The number of rotatable bonds is 6. The third kappa shape index (κ3) is 4.39. The number of benzene rings is 2. The van der Waals surface area contributed by atoms with E-state index in [4.69, 9.17) is 10.5 Å². The highest BCUT2D eigenvalue weighted by Gasteiger charge is 2.35. The second-order valence-electron chi connectivity index (χ2n) is 7.36. The highest BCUT2D eigenvalue weighted by atomic mass is 16.5. The van der Waals surface area contributed by atoms with Crippen molar-refractivity contribution in [1.82, 2.24) is 0 Å². The molecule has 2 aromatic carbocycles. The van der Waals surface area contributed by atoms with Gasteiger partial charge in [-0.25, -0.2) is 0 Å². The van der Waals surface area contributed by atoms with E-state index in [9.17, 15) is 9.59 Å². The van der Waals surface area contributed by atoms with E-state index in [1.165, 1.54) is 17.9 Å². The monoisotopic (exact) mass is 392 g/mol. The zero-order valence-electron chi connectivity index (χ0n) is 16.1. The number of primary amides is 1. The summed E-state index contributed by atoms with van der Waals surface area (Å²) in [6, 6.07) is 15.9. The van der Waals surface area contributed by atoms with E-state index in [2.05, 4.69) is 10.4 Å². The maximum Gasteiger partial charge on any atom is 0.271 e. The molecule has 7 heteroatoms. The van der Waals surface area contributed by atoms with Crippen molar-refractivity contribution in [2.45, 2.75) is 44.2 Å².